The first kappa shape index (κ1) is 12.5. The Hall–Kier alpha value is -1.99. The summed E-state index contributed by atoms with van der Waals surface area (Å²) in [6.45, 7) is 1.47. The van der Waals surface area contributed by atoms with Gasteiger partial charge in [0.25, 0.3) is 0 Å². The van der Waals surface area contributed by atoms with E-state index in [1.165, 1.54) is 19.1 Å². The van der Waals surface area contributed by atoms with Crippen molar-refractivity contribution in [3.63, 3.8) is 0 Å². The highest BCUT2D eigenvalue weighted by Crippen LogP contribution is 2.26. The fraction of sp³-hybridized carbons (Fsp3) is 0.0769. The van der Waals surface area contributed by atoms with E-state index in [4.69, 9.17) is 16.9 Å². The van der Waals surface area contributed by atoms with Crippen LogP contribution < -0.4 is 0 Å². The number of benzene rings is 1. The lowest BCUT2D eigenvalue weighted by Gasteiger charge is -2.06. The largest absolute Gasteiger partial charge is 0.235 e. The molecule has 0 saturated carbocycles. The third kappa shape index (κ3) is 2.18. The van der Waals surface area contributed by atoms with E-state index >= 15 is 0 Å². The van der Waals surface area contributed by atoms with E-state index in [1.54, 1.807) is 0 Å². The standard InChI is InChI=1S/C13H7ClF2N2/c1-7-4-11(16)9(5-10(7)15)12-3-2-8(6-17)13(14)18-12/h2-5H,1H3. The van der Waals surface area contributed by atoms with Crippen LogP contribution >= 0.6 is 11.6 Å². The third-order valence-electron chi connectivity index (χ3n) is 2.49. The number of pyridine rings is 1. The van der Waals surface area contributed by atoms with Crippen LogP contribution in [0, 0.1) is 29.9 Å². The maximum Gasteiger partial charge on any atom is 0.147 e. The Morgan fingerprint density at radius 1 is 1.22 bits per heavy atom. The second kappa shape index (κ2) is 4.71. The molecule has 1 heterocycles. The Morgan fingerprint density at radius 3 is 2.56 bits per heavy atom. The Morgan fingerprint density at radius 2 is 1.94 bits per heavy atom. The highest BCUT2D eigenvalue weighted by atomic mass is 35.5. The molecule has 5 heteroatoms. The van der Waals surface area contributed by atoms with Crippen LogP contribution in [0.25, 0.3) is 11.3 Å². The summed E-state index contributed by atoms with van der Waals surface area (Å²) in [4.78, 5) is 3.88. The second-order valence-electron chi connectivity index (χ2n) is 3.73. The van der Waals surface area contributed by atoms with Crippen LogP contribution in [0.1, 0.15) is 11.1 Å². The molecular weight excluding hydrogens is 258 g/mol. The molecule has 18 heavy (non-hydrogen) atoms. The molecule has 0 radical (unpaired) electrons. The summed E-state index contributed by atoms with van der Waals surface area (Å²) in [7, 11) is 0. The van der Waals surface area contributed by atoms with Gasteiger partial charge in [-0.2, -0.15) is 5.26 Å². The van der Waals surface area contributed by atoms with E-state index in [0.717, 1.165) is 12.1 Å². The normalized spacial score (nSPS) is 10.2. The lowest BCUT2D eigenvalue weighted by atomic mass is 10.1. The van der Waals surface area contributed by atoms with Crippen molar-refractivity contribution in [3.8, 4) is 17.3 Å². The number of hydrogen-bond acceptors (Lipinski definition) is 2. The first-order valence-electron chi connectivity index (χ1n) is 5.05. The molecule has 0 bridgehead atoms. The summed E-state index contributed by atoms with van der Waals surface area (Å²) < 4.78 is 27.1. The van der Waals surface area contributed by atoms with Gasteiger partial charge in [0.2, 0.25) is 0 Å². The number of aryl methyl sites for hydroxylation is 1. The summed E-state index contributed by atoms with van der Waals surface area (Å²) in [6.07, 6.45) is 0. The molecule has 0 aliphatic rings. The average Bonchev–Trinajstić information content (AvgIpc) is 2.33. The van der Waals surface area contributed by atoms with Crippen LogP contribution in [0.4, 0.5) is 8.78 Å². The molecule has 1 aromatic heterocycles. The zero-order chi connectivity index (χ0) is 13.3. The second-order valence-corrected chi connectivity index (χ2v) is 4.09. The molecule has 0 aliphatic heterocycles. The van der Waals surface area contributed by atoms with E-state index in [0.29, 0.717) is 0 Å². The van der Waals surface area contributed by atoms with Gasteiger partial charge in [0.1, 0.15) is 22.9 Å². The van der Waals surface area contributed by atoms with Crippen molar-refractivity contribution in [1.29, 1.82) is 5.26 Å². The van der Waals surface area contributed by atoms with E-state index < -0.39 is 11.6 Å². The topological polar surface area (TPSA) is 36.7 Å². The molecule has 0 fully saturated rings. The summed E-state index contributed by atoms with van der Waals surface area (Å²) in [5.74, 6) is -1.10. The van der Waals surface area contributed by atoms with Crippen LogP contribution in [0.5, 0.6) is 0 Å². The Balaban J connectivity index is 2.60. The predicted octanol–water partition coefficient (Wildman–Crippen LogP) is 3.86. The first-order valence-corrected chi connectivity index (χ1v) is 5.43. The Kier molecular flexibility index (Phi) is 3.26. The van der Waals surface area contributed by atoms with Gasteiger partial charge in [-0.05, 0) is 36.8 Å². The van der Waals surface area contributed by atoms with Gasteiger partial charge < -0.3 is 0 Å². The summed E-state index contributed by atoms with van der Waals surface area (Å²) in [5.41, 5.74) is 0.615. The minimum Gasteiger partial charge on any atom is -0.235 e. The molecule has 0 aliphatic carbocycles. The molecule has 2 rings (SSSR count). The lowest BCUT2D eigenvalue weighted by Crippen LogP contribution is -1.94. The van der Waals surface area contributed by atoms with Crippen LogP contribution in [0.15, 0.2) is 24.3 Å². The molecule has 0 unspecified atom stereocenters. The minimum absolute atomic E-state index is 0.0180. The fourth-order valence-electron chi connectivity index (χ4n) is 1.51. The molecule has 90 valence electrons. The molecule has 2 nitrogen and oxygen atoms in total. The lowest BCUT2D eigenvalue weighted by molar-refractivity contribution is 0.595. The van der Waals surface area contributed by atoms with Gasteiger partial charge in [0, 0.05) is 5.56 Å². The maximum absolute atomic E-state index is 13.7. The Labute approximate surface area is 107 Å². The predicted molar refractivity (Wildman–Crippen MR) is 64.1 cm³/mol. The van der Waals surface area contributed by atoms with Crippen molar-refractivity contribution in [3.05, 3.63) is 52.2 Å². The van der Waals surface area contributed by atoms with Crippen molar-refractivity contribution < 1.29 is 8.78 Å². The van der Waals surface area contributed by atoms with Gasteiger partial charge in [0.05, 0.1) is 11.3 Å². The van der Waals surface area contributed by atoms with Gasteiger partial charge in [-0.15, -0.1) is 0 Å². The molecule has 2 aromatic rings. The fourth-order valence-corrected chi connectivity index (χ4v) is 1.71. The van der Waals surface area contributed by atoms with Gasteiger partial charge in [-0.25, -0.2) is 13.8 Å². The number of rotatable bonds is 1. The zero-order valence-electron chi connectivity index (χ0n) is 9.34. The van der Waals surface area contributed by atoms with Crippen LogP contribution in [0.2, 0.25) is 5.15 Å². The average molecular weight is 265 g/mol. The number of aromatic nitrogens is 1. The molecule has 0 N–H and O–H groups in total. The van der Waals surface area contributed by atoms with Crippen molar-refractivity contribution in [2.75, 3.05) is 0 Å². The summed E-state index contributed by atoms with van der Waals surface area (Å²) >= 11 is 5.75. The summed E-state index contributed by atoms with van der Waals surface area (Å²) in [6, 6.07) is 6.85. The van der Waals surface area contributed by atoms with Gasteiger partial charge >= 0.3 is 0 Å². The van der Waals surface area contributed by atoms with Crippen molar-refractivity contribution in [2.45, 2.75) is 6.92 Å². The van der Waals surface area contributed by atoms with Crippen molar-refractivity contribution >= 4 is 11.6 Å². The molecule has 0 amide bonds. The van der Waals surface area contributed by atoms with Gasteiger partial charge in [0.15, 0.2) is 0 Å². The molecule has 0 spiro atoms. The van der Waals surface area contributed by atoms with Crippen LogP contribution in [-0.2, 0) is 0 Å². The molecule has 0 atom stereocenters. The van der Waals surface area contributed by atoms with Crippen LogP contribution in [-0.4, -0.2) is 4.98 Å². The van der Waals surface area contributed by atoms with E-state index in [1.807, 2.05) is 6.07 Å². The first-order chi connectivity index (χ1) is 8.52. The number of nitriles is 1. The SMILES string of the molecule is Cc1cc(F)c(-c2ccc(C#N)c(Cl)n2)cc1F. The zero-order valence-corrected chi connectivity index (χ0v) is 10.1. The van der Waals surface area contributed by atoms with Crippen molar-refractivity contribution in [2.24, 2.45) is 0 Å². The van der Waals surface area contributed by atoms with E-state index in [-0.39, 0.29) is 27.5 Å². The van der Waals surface area contributed by atoms with E-state index in [9.17, 15) is 8.78 Å². The molecular formula is C13H7ClF2N2. The highest BCUT2D eigenvalue weighted by molar-refractivity contribution is 6.30. The molecule has 0 saturated heterocycles. The Bertz CT molecular complexity index is 663. The number of hydrogen-bond donors (Lipinski definition) is 0. The number of halogens is 3. The van der Waals surface area contributed by atoms with Crippen molar-refractivity contribution in [1.82, 2.24) is 4.98 Å². The quantitative estimate of drug-likeness (QED) is 0.734. The third-order valence-corrected chi connectivity index (χ3v) is 2.78. The maximum atomic E-state index is 13.7. The number of nitrogens with zero attached hydrogens (tertiary/aromatic N) is 2. The highest BCUT2D eigenvalue weighted by Gasteiger charge is 2.12. The summed E-state index contributed by atoms with van der Waals surface area (Å²) in [5, 5.41) is 8.67. The molecule has 1 aromatic carbocycles. The van der Waals surface area contributed by atoms with E-state index in [2.05, 4.69) is 4.98 Å². The van der Waals surface area contributed by atoms with Crippen LogP contribution in [0.3, 0.4) is 0 Å². The monoisotopic (exact) mass is 264 g/mol. The van der Waals surface area contributed by atoms with Gasteiger partial charge in [-0.1, -0.05) is 11.6 Å². The van der Waals surface area contributed by atoms with Gasteiger partial charge in [-0.3, -0.25) is 0 Å². The minimum atomic E-state index is -0.581. The smallest absolute Gasteiger partial charge is 0.147 e.